The molecule has 1 aliphatic heterocycles. The van der Waals surface area contributed by atoms with Gasteiger partial charge in [0.05, 0.1) is 24.0 Å². The van der Waals surface area contributed by atoms with Crippen molar-refractivity contribution in [2.45, 2.75) is 24.8 Å². The van der Waals surface area contributed by atoms with Crippen LogP contribution in [0.1, 0.15) is 24.7 Å². The predicted octanol–water partition coefficient (Wildman–Crippen LogP) is 3.27. The average Bonchev–Trinajstić information content (AvgIpc) is 2.80. The summed E-state index contributed by atoms with van der Waals surface area (Å²) in [6.07, 6.45) is 2.03. The van der Waals surface area contributed by atoms with E-state index >= 15 is 0 Å². The van der Waals surface area contributed by atoms with E-state index in [0.717, 1.165) is 25.0 Å². The molecule has 1 aromatic heterocycles. The van der Waals surface area contributed by atoms with Crippen LogP contribution >= 0.6 is 11.6 Å². The third kappa shape index (κ3) is 1.89. The number of nitrogens with zero attached hydrogens (tertiary/aromatic N) is 2. The van der Waals surface area contributed by atoms with Crippen molar-refractivity contribution in [1.82, 2.24) is 9.55 Å². The van der Waals surface area contributed by atoms with Gasteiger partial charge in [-0.15, -0.1) is 11.6 Å². The normalized spacial score (nSPS) is 20.4. The zero-order chi connectivity index (χ0) is 12.5. The molecule has 0 radical (unpaired) electrons. The van der Waals surface area contributed by atoms with Gasteiger partial charge in [0.25, 0.3) is 0 Å². The van der Waals surface area contributed by atoms with Gasteiger partial charge in [0.15, 0.2) is 5.82 Å². The van der Waals surface area contributed by atoms with Crippen molar-refractivity contribution in [1.29, 1.82) is 0 Å². The van der Waals surface area contributed by atoms with Gasteiger partial charge in [-0.1, -0.05) is 6.07 Å². The molecule has 96 valence electrons. The number of aromatic nitrogens is 2. The van der Waals surface area contributed by atoms with Gasteiger partial charge in [0.1, 0.15) is 11.3 Å². The summed E-state index contributed by atoms with van der Waals surface area (Å²) in [5, 5.41) is 0. The number of ether oxygens (including phenoxy) is 1. The number of imidazole rings is 1. The topological polar surface area (TPSA) is 27.1 Å². The molecule has 0 spiro atoms. The van der Waals surface area contributed by atoms with Gasteiger partial charge in [-0.25, -0.2) is 9.37 Å². The lowest BCUT2D eigenvalue weighted by molar-refractivity contribution is 0.0597. The number of alkyl halides is 1. The van der Waals surface area contributed by atoms with E-state index in [0.29, 0.717) is 17.9 Å². The van der Waals surface area contributed by atoms with Crippen molar-refractivity contribution in [3.05, 3.63) is 29.8 Å². The van der Waals surface area contributed by atoms with Gasteiger partial charge in [0.2, 0.25) is 0 Å². The SMILES string of the molecule is Fc1cccc2c1nc(CCl)n2C1CCCOC1. The molecule has 0 N–H and O–H groups in total. The second-order valence-corrected chi connectivity index (χ2v) is 4.78. The molecule has 0 aliphatic carbocycles. The van der Waals surface area contributed by atoms with Crippen LogP contribution in [0.15, 0.2) is 18.2 Å². The Morgan fingerprint density at radius 3 is 3.11 bits per heavy atom. The average molecular weight is 269 g/mol. The standard InChI is InChI=1S/C13H14ClFN2O/c14-7-12-16-13-10(15)4-1-5-11(13)17(12)9-3-2-6-18-8-9/h1,4-5,9H,2-3,6-8H2. The van der Waals surface area contributed by atoms with Crippen LogP contribution in [-0.4, -0.2) is 22.8 Å². The number of benzene rings is 1. The first-order valence-electron chi connectivity index (χ1n) is 6.10. The molecule has 1 atom stereocenters. The first-order chi connectivity index (χ1) is 8.81. The Labute approximate surface area is 110 Å². The molecule has 1 fully saturated rings. The first kappa shape index (κ1) is 11.9. The van der Waals surface area contributed by atoms with Crippen LogP contribution in [0.25, 0.3) is 11.0 Å². The van der Waals surface area contributed by atoms with E-state index < -0.39 is 0 Å². The summed E-state index contributed by atoms with van der Waals surface area (Å²) in [7, 11) is 0. The Kier molecular flexibility index (Phi) is 3.22. The fraction of sp³-hybridized carbons (Fsp3) is 0.462. The van der Waals surface area contributed by atoms with Crippen LogP contribution in [0.5, 0.6) is 0 Å². The molecule has 0 amide bonds. The second kappa shape index (κ2) is 4.86. The molecule has 5 heteroatoms. The van der Waals surface area contributed by atoms with Gasteiger partial charge in [-0.2, -0.15) is 0 Å². The van der Waals surface area contributed by atoms with E-state index in [2.05, 4.69) is 4.98 Å². The third-order valence-corrected chi connectivity index (χ3v) is 3.60. The monoisotopic (exact) mass is 268 g/mol. The number of rotatable bonds is 2. The highest BCUT2D eigenvalue weighted by molar-refractivity contribution is 6.16. The molecule has 1 aliphatic rings. The Morgan fingerprint density at radius 1 is 1.50 bits per heavy atom. The summed E-state index contributed by atoms with van der Waals surface area (Å²) >= 11 is 5.93. The van der Waals surface area contributed by atoms with Crippen LogP contribution in [0.2, 0.25) is 0 Å². The summed E-state index contributed by atoms with van der Waals surface area (Å²) in [5.74, 6) is 0.701. The minimum absolute atomic E-state index is 0.208. The van der Waals surface area contributed by atoms with Gasteiger partial charge < -0.3 is 9.30 Å². The third-order valence-electron chi connectivity index (χ3n) is 3.36. The zero-order valence-electron chi connectivity index (χ0n) is 9.90. The summed E-state index contributed by atoms with van der Waals surface area (Å²) < 4.78 is 21.3. The highest BCUT2D eigenvalue weighted by atomic mass is 35.5. The van der Waals surface area contributed by atoms with E-state index in [4.69, 9.17) is 16.3 Å². The van der Waals surface area contributed by atoms with Crippen molar-refractivity contribution in [2.24, 2.45) is 0 Å². The van der Waals surface area contributed by atoms with Gasteiger partial charge in [-0.3, -0.25) is 0 Å². The van der Waals surface area contributed by atoms with Gasteiger partial charge in [0, 0.05) is 6.61 Å². The maximum absolute atomic E-state index is 13.7. The van der Waals surface area contributed by atoms with Crippen LogP contribution < -0.4 is 0 Å². The molecule has 2 heterocycles. The van der Waals surface area contributed by atoms with E-state index in [1.54, 1.807) is 6.07 Å². The fourth-order valence-electron chi connectivity index (χ4n) is 2.56. The Hall–Kier alpha value is -1.13. The highest BCUT2D eigenvalue weighted by Crippen LogP contribution is 2.28. The summed E-state index contributed by atoms with van der Waals surface area (Å²) in [4.78, 5) is 4.31. The van der Waals surface area contributed by atoms with Crippen LogP contribution in [-0.2, 0) is 10.6 Å². The molecule has 1 saturated heterocycles. The fourth-order valence-corrected chi connectivity index (χ4v) is 2.75. The van der Waals surface area contributed by atoms with Crippen molar-refractivity contribution in [2.75, 3.05) is 13.2 Å². The lowest BCUT2D eigenvalue weighted by Crippen LogP contribution is -2.22. The molecule has 0 saturated carbocycles. The molecule has 0 bridgehead atoms. The molecule has 18 heavy (non-hydrogen) atoms. The molecule has 1 unspecified atom stereocenters. The lowest BCUT2D eigenvalue weighted by Gasteiger charge is -2.25. The quantitative estimate of drug-likeness (QED) is 0.782. The van der Waals surface area contributed by atoms with Crippen LogP contribution in [0.3, 0.4) is 0 Å². The molecular weight excluding hydrogens is 255 g/mol. The number of hydrogen-bond donors (Lipinski definition) is 0. The number of hydrogen-bond acceptors (Lipinski definition) is 2. The predicted molar refractivity (Wildman–Crippen MR) is 68.3 cm³/mol. The van der Waals surface area contributed by atoms with Crippen molar-refractivity contribution >= 4 is 22.6 Å². The maximum Gasteiger partial charge on any atom is 0.151 e. The Morgan fingerprint density at radius 2 is 2.39 bits per heavy atom. The van der Waals surface area contributed by atoms with Crippen LogP contribution in [0, 0.1) is 5.82 Å². The Balaban J connectivity index is 2.16. The number of fused-ring (bicyclic) bond motifs is 1. The largest absolute Gasteiger partial charge is 0.379 e. The number of para-hydroxylation sites is 1. The lowest BCUT2D eigenvalue weighted by atomic mass is 10.1. The minimum atomic E-state index is -0.297. The number of halogens is 2. The van der Waals surface area contributed by atoms with Crippen LogP contribution in [0.4, 0.5) is 4.39 Å². The van der Waals surface area contributed by atoms with Crippen molar-refractivity contribution in [3.8, 4) is 0 Å². The highest BCUT2D eigenvalue weighted by Gasteiger charge is 2.22. The van der Waals surface area contributed by atoms with Crippen molar-refractivity contribution in [3.63, 3.8) is 0 Å². The molecule has 3 nitrogen and oxygen atoms in total. The van der Waals surface area contributed by atoms with Gasteiger partial charge in [-0.05, 0) is 25.0 Å². The van der Waals surface area contributed by atoms with E-state index in [9.17, 15) is 4.39 Å². The maximum atomic E-state index is 13.7. The smallest absolute Gasteiger partial charge is 0.151 e. The molecule has 3 rings (SSSR count). The summed E-state index contributed by atoms with van der Waals surface area (Å²) in [6, 6.07) is 5.22. The van der Waals surface area contributed by atoms with Gasteiger partial charge >= 0.3 is 0 Å². The zero-order valence-corrected chi connectivity index (χ0v) is 10.7. The van der Waals surface area contributed by atoms with Crippen molar-refractivity contribution < 1.29 is 9.13 Å². The van der Waals surface area contributed by atoms with E-state index in [-0.39, 0.29) is 17.7 Å². The minimum Gasteiger partial charge on any atom is -0.379 e. The molecular formula is C13H14ClFN2O. The summed E-state index contributed by atoms with van der Waals surface area (Å²) in [6.45, 7) is 1.44. The summed E-state index contributed by atoms with van der Waals surface area (Å²) in [5.41, 5.74) is 1.21. The Bertz CT molecular complexity index is 563. The molecule has 2 aromatic rings. The van der Waals surface area contributed by atoms with E-state index in [1.165, 1.54) is 6.07 Å². The molecule has 1 aromatic carbocycles. The second-order valence-electron chi connectivity index (χ2n) is 4.51. The van der Waals surface area contributed by atoms with E-state index in [1.807, 2.05) is 10.6 Å². The first-order valence-corrected chi connectivity index (χ1v) is 6.63.